The largest absolute Gasteiger partial charge is 0.380 e. The van der Waals surface area contributed by atoms with Crippen LogP contribution < -0.4 is 21.5 Å². The molecule has 0 bridgehead atoms. The fourth-order valence-electron chi connectivity index (χ4n) is 4.25. The molecule has 0 spiro atoms. The number of morpholine rings is 1. The molecule has 0 saturated carbocycles. The van der Waals surface area contributed by atoms with Crippen LogP contribution in [-0.2, 0) is 14.3 Å². The minimum Gasteiger partial charge on any atom is -0.380 e. The van der Waals surface area contributed by atoms with E-state index in [9.17, 15) is 28.3 Å². The average molecular weight is 543 g/mol. The maximum Gasteiger partial charge on any atom is 0.321 e. The molecule has 0 radical (unpaired) electrons. The summed E-state index contributed by atoms with van der Waals surface area (Å²) in [5.41, 5.74) is 3.76. The minimum atomic E-state index is -3.04. The zero-order chi connectivity index (χ0) is 28.1. The molecule has 4 N–H and O–H groups in total. The molecule has 1 aliphatic heterocycles. The van der Waals surface area contributed by atoms with E-state index < -0.39 is 35.6 Å². The third kappa shape index (κ3) is 4.61. The number of anilines is 3. The van der Waals surface area contributed by atoms with Crippen molar-refractivity contribution in [2.24, 2.45) is 0 Å². The van der Waals surface area contributed by atoms with E-state index in [1.807, 2.05) is 0 Å². The molecule has 1 aromatic carbocycles. The summed E-state index contributed by atoms with van der Waals surface area (Å²) in [6.07, 6.45) is -0.623. The molecule has 5 rings (SSSR count). The van der Waals surface area contributed by atoms with Gasteiger partial charge in [0.15, 0.2) is 28.9 Å². The first-order valence-electron chi connectivity index (χ1n) is 11.7. The van der Waals surface area contributed by atoms with Crippen molar-refractivity contribution in [2.75, 3.05) is 29.1 Å². The molecule has 13 nitrogen and oxygen atoms in total. The van der Waals surface area contributed by atoms with Gasteiger partial charge in [-0.2, -0.15) is 8.78 Å². The number of carbonyl (C=O) groups is 2. The molecule has 4 aromatic rings. The van der Waals surface area contributed by atoms with Crippen molar-refractivity contribution < 1.29 is 32.7 Å². The summed E-state index contributed by atoms with van der Waals surface area (Å²) in [5.74, 6) is -1.32. The van der Waals surface area contributed by atoms with Gasteiger partial charge in [0.2, 0.25) is 0 Å². The van der Waals surface area contributed by atoms with E-state index in [1.165, 1.54) is 33.8 Å². The molecule has 0 aliphatic carbocycles. The van der Waals surface area contributed by atoms with Crippen LogP contribution in [0.3, 0.4) is 0 Å². The molecule has 4 heterocycles. The number of fused-ring (bicyclic) bond motifs is 1. The zero-order valence-electron chi connectivity index (χ0n) is 20.7. The van der Waals surface area contributed by atoms with Gasteiger partial charge in [-0.15, -0.1) is 5.10 Å². The summed E-state index contributed by atoms with van der Waals surface area (Å²) < 4.78 is 38.5. The fraction of sp³-hybridized carbons (Fsp3) is 0.292. The summed E-state index contributed by atoms with van der Waals surface area (Å²) in [4.78, 5) is 39.3. The topological polar surface area (TPSA) is 171 Å². The maximum absolute atomic E-state index is 13.4. The van der Waals surface area contributed by atoms with Crippen molar-refractivity contribution in [3.63, 3.8) is 0 Å². The number of pyridine rings is 1. The number of nitrogen functional groups attached to an aromatic ring is 1. The van der Waals surface area contributed by atoms with Crippen LogP contribution in [0.25, 0.3) is 16.7 Å². The molecule has 1 fully saturated rings. The van der Waals surface area contributed by atoms with Gasteiger partial charge in [0.25, 0.3) is 17.4 Å². The minimum absolute atomic E-state index is 0.0225. The third-order valence-corrected chi connectivity index (χ3v) is 6.35. The van der Waals surface area contributed by atoms with Gasteiger partial charge >= 0.3 is 6.55 Å². The Hall–Kier alpha value is -4.63. The van der Waals surface area contributed by atoms with E-state index in [0.717, 1.165) is 19.2 Å². The molecule has 2 atom stereocenters. The Labute approximate surface area is 218 Å². The highest BCUT2D eigenvalue weighted by atomic mass is 19.3. The van der Waals surface area contributed by atoms with Gasteiger partial charge in [-0.05, 0) is 32.0 Å². The van der Waals surface area contributed by atoms with E-state index in [0.29, 0.717) is 16.7 Å². The summed E-state index contributed by atoms with van der Waals surface area (Å²) in [5, 5.41) is 22.2. The molecular weight excluding hydrogens is 520 g/mol. The summed E-state index contributed by atoms with van der Waals surface area (Å²) in [6, 6.07) is 8.44. The number of nitrogens with two attached hydrogens (primary N) is 1. The van der Waals surface area contributed by atoms with Crippen LogP contribution in [0, 0.1) is 6.92 Å². The van der Waals surface area contributed by atoms with Crippen LogP contribution in [0.4, 0.5) is 26.1 Å². The SMILES string of the molecule is Cc1cc(N2CCOC(C(C)(O)C(=O)Nc3ccc4c(N)noc4c3)C2=O)nn1-c1ccc(=O)n(C(F)F)c1. The highest BCUT2D eigenvalue weighted by molar-refractivity contribution is 6.06. The van der Waals surface area contributed by atoms with Crippen molar-refractivity contribution in [3.8, 4) is 5.69 Å². The second-order valence-electron chi connectivity index (χ2n) is 9.09. The van der Waals surface area contributed by atoms with Gasteiger partial charge in [0, 0.05) is 35.8 Å². The Morgan fingerprint density at radius 1 is 1.26 bits per heavy atom. The van der Waals surface area contributed by atoms with E-state index in [-0.39, 0.29) is 40.7 Å². The quantitative estimate of drug-likeness (QED) is 0.327. The van der Waals surface area contributed by atoms with E-state index in [2.05, 4.69) is 15.6 Å². The number of ether oxygens (including phenoxy) is 1. The first-order chi connectivity index (χ1) is 18.5. The average Bonchev–Trinajstić information content (AvgIpc) is 3.46. The van der Waals surface area contributed by atoms with Gasteiger partial charge in [0.05, 0.1) is 24.2 Å². The van der Waals surface area contributed by atoms with Crippen molar-refractivity contribution >= 4 is 40.1 Å². The van der Waals surface area contributed by atoms with E-state index in [1.54, 1.807) is 13.0 Å². The molecule has 1 saturated heterocycles. The van der Waals surface area contributed by atoms with Crippen molar-refractivity contribution in [1.82, 2.24) is 19.5 Å². The van der Waals surface area contributed by atoms with Crippen LogP contribution in [0.15, 0.2) is 51.9 Å². The predicted molar refractivity (Wildman–Crippen MR) is 134 cm³/mol. The fourth-order valence-corrected chi connectivity index (χ4v) is 4.25. The van der Waals surface area contributed by atoms with Crippen molar-refractivity contribution in [1.29, 1.82) is 0 Å². The number of aromatic nitrogens is 4. The van der Waals surface area contributed by atoms with Crippen LogP contribution in [0.2, 0.25) is 0 Å². The van der Waals surface area contributed by atoms with Crippen LogP contribution in [-0.4, -0.2) is 61.3 Å². The lowest BCUT2D eigenvalue weighted by Gasteiger charge is -2.37. The number of benzene rings is 1. The second-order valence-corrected chi connectivity index (χ2v) is 9.09. The van der Waals surface area contributed by atoms with Gasteiger partial charge in [-0.1, -0.05) is 5.16 Å². The lowest BCUT2D eigenvalue weighted by molar-refractivity contribution is -0.165. The highest BCUT2D eigenvalue weighted by Crippen LogP contribution is 2.28. The Morgan fingerprint density at radius 3 is 2.77 bits per heavy atom. The molecule has 204 valence electrons. The number of hydrogen-bond acceptors (Lipinski definition) is 9. The molecular formula is C24H23F2N7O6. The Bertz CT molecular complexity index is 1640. The lowest BCUT2D eigenvalue weighted by Crippen LogP contribution is -2.61. The molecule has 39 heavy (non-hydrogen) atoms. The van der Waals surface area contributed by atoms with Crippen LogP contribution in [0.5, 0.6) is 0 Å². The normalized spacial score (nSPS) is 17.5. The number of alkyl halides is 2. The second kappa shape index (κ2) is 9.59. The Morgan fingerprint density at radius 2 is 2.03 bits per heavy atom. The number of amides is 2. The molecule has 1 aliphatic rings. The first-order valence-corrected chi connectivity index (χ1v) is 11.7. The van der Waals surface area contributed by atoms with Crippen LogP contribution in [0.1, 0.15) is 19.2 Å². The highest BCUT2D eigenvalue weighted by Gasteiger charge is 2.49. The smallest absolute Gasteiger partial charge is 0.321 e. The Balaban J connectivity index is 1.37. The van der Waals surface area contributed by atoms with Gasteiger partial charge < -0.3 is 25.4 Å². The first kappa shape index (κ1) is 26.0. The van der Waals surface area contributed by atoms with Gasteiger partial charge in [0.1, 0.15) is 0 Å². The predicted octanol–water partition coefficient (Wildman–Crippen LogP) is 1.58. The van der Waals surface area contributed by atoms with Crippen molar-refractivity contribution in [2.45, 2.75) is 32.1 Å². The number of hydrogen-bond donors (Lipinski definition) is 3. The van der Waals surface area contributed by atoms with Gasteiger partial charge in [-0.25, -0.2) is 4.68 Å². The van der Waals surface area contributed by atoms with E-state index in [4.69, 9.17) is 15.0 Å². The zero-order valence-corrected chi connectivity index (χ0v) is 20.7. The number of halogens is 2. The van der Waals surface area contributed by atoms with Crippen molar-refractivity contribution in [3.05, 3.63) is 58.6 Å². The lowest BCUT2D eigenvalue weighted by atomic mass is 9.95. The third-order valence-electron chi connectivity index (χ3n) is 6.35. The number of carbonyl (C=O) groups excluding carboxylic acids is 2. The number of aliphatic hydroxyl groups is 1. The summed E-state index contributed by atoms with van der Waals surface area (Å²) in [6.45, 7) is -0.219. The summed E-state index contributed by atoms with van der Waals surface area (Å²) >= 11 is 0. The van der Waals surface area contributed by atoms with Gasteiger partial charge in [-0.3, -0.25) is 23.9 Å². The molecule has 2 amide bonds. The number of aryl methyl sites for hydroxylation is 1. The molecule has 3 aromatic heterocycles. The standard InChI is InChI=1S/C24H23F2N7O6/c1-12-9-17(29-33(12)14-4-6-18(34)32(11-14)23(25)26)31-7-8-38-19(21(31)35)24(2,37)22(36)28-13-3-5-15-16(10-13)39-30-20(15)27/h3-6,9-11,19,23,37H,7-8H2,1-2H3,(H2,27,30)(H,28,36). The molecule has 2 unspecified atom stereocenters. The monoisotopic (exact) mass is 543 g/mol. The number of nitrogens with one attached hydrogen (secondary N) is 1. The molecule has 15 heteroatoms. The number of rotatable bonds is 6. The van der Waals surface area contributed by atoms with E-state index >= 15 is 0 Å². The number of nitrogens with zero attached hydrogens (tertiary/aromatic N) is 5. The van der Waals surface area contributed by atoms with Crippen LogP contribution >= 0.6 is 0 Å². The maximum atomic E-state index is 13.4. The summed E-state index contributed by atoms with van der Waals surface area (Å²) in [7, 11) is 0. The Kier molecular flexibility index (Phi) is 6.40.